The lowest BCUT2D eigenvalue weighted by Gasteiger charge is -2.24. The van der Waals surface area contributed by atoms with Crippen molar-refractivity contribution in [2.24, 2.45) is 0 Å². The molecule has 4 rings (SSSR count). The average Bonchev–Trinajstić information content (AvgIpc) is 2.81. The molecule has 0 unspecified atom stereocenters. The predicted molar refractivity (Wildman–Crippen MR) is 92.6 cm³/mol. The molecule has 0 saturated carbocycles. The van der Waals surface area contributed by atoms with E-state index >= 15 is 0 Å². The van der Waals surface area contributed by atoms with Gasteiger partial charge in [0.1, 0.15) is 18.2 Å². The second kappa shape index (κ2) is 7.06. The van der Waals surface area contributed by atoms with Gasteiger partial charge in [0.05, 0.1) is 19.8 Å². The van der Waals surface area contributed by atoms with Crippen LogP contribution in [0.5, 0.6) is 5.88 Å². The summed E-state index contributed by atoms with van der Waals surface area (Å²) < 4.78 is 11.3. The van der Waals surface area contributed by atoms with Crippen molar-refractivity contribution in [3.8, 4) is 5.88 Å². The van der Waals surface area contributed by atoms with Crippen molar-refractivity contribution in [3.63, 3.8) is 0 Å². The van der Waals surface area contributed by atoms with E-state index < -0.39 is 0 Å². The molecule has 1 amide bonds. The third-order valence-electron chi connectivity index (χ3n) is 4.39. The smallest absolute Gasteiger partial charge is 0.243 e. The van der Waals surface area contributed by atoms with E-state index in [0.717, 1.165) is 24.1 Å². The van der Waals surface area contributed by atoms with Gasteiger partial charge in [0.25, 0.3) is 0 Å². The predicted octanol–water partition coefficient (Wildman–Crippen LogP) is 1.99. The number of aromatic nitrogens is 2. The van der Waals surface area contributed by atoms with Gasteiger partial charge in [-0.1, -0.05) is 18.2 Å². The summed E-state index contributed by atoms with van der Waals surface area (Å²) in [6.07, 6.45) is 3.32. The maximum Gasteiger partial charge on any atom is 0.243 e. The SMILES string of the molecule is O=C1CN(c2cc(OC3CCOCC3)ncn2)Cc2ccccc2N1. The van der Waals surface area contributed by atoms with Gasteiger partial charge in [-0.05, 0) is 11.6 Å². The molecular formula is C18H20N4O3. The molecule has 0 aliphatic carbocycles. The summed E-state index contributed by atoms with van der Waals surface area (Å²) in [4.78, 5) is 22.7. The standard InChI is InChI=1S/C18H20N4O3/c23-17-11-22(10-13-3-1-2-4-15(13)21-17)16-9-18(20-12-19-16)25-14-5-7-24-8-6-14/h1-4,9,12,14H,5-8,10-11H2,(H,21,23). The second-order valence-electron chi connectivity index (χ2n) is 6.21. The molecule has 1 aromatic heterocycles. The van der Waals surface area contributed by atoms with Crippen molar-refractivity contribution in [2.45, 2.75) is 25.5 Å². The van der Waals surface area contributed by atoms with Gasteiger partial charge >= 0.3 is 0 Å². The number of nitrogens with zero attached hydrogens (tertiary/aromatic N) is 3. The van der Waals surface area contributed by atoms with Gasteiger partial charge in [-0.15, -0.1) is 0 Å². The molecule has 2 aliphatic heterocycles. The molecule has 2 aliphatic rings. The summed E-state index contributed by atoms with van der Waals surface area (Å²) in [6, 6.07) is 9.61. The fourth-order valence-electron chi connectivity index (χ4n) is 3.10. The van der Waals surface area contributed by atoms with Crippen molar-refractivity contribution in [2.75, 3.05) is 30.0 Å². The Bertz CT molecular complexity index is 761. The van der Waals surface area contributed by atoms with Crippen LogP contribution in [0.15, 0.2) is 36.7 Å². The molecule has 0 radical (unpaired) electrons. The van der Waals surface area contributed by atoms with Crippen molar-refractivity contribution in [1.29, 1.82) is 0 Å². The molecule has 130 valence electrons. The summed E-state index contributed by atoms with van der Waals surface area (Å²) in [6.45, 7) is 2.27. The summed E-state index contributed by atoms with van der Waals surface area (Å²) in [5.41, 5.74) is 1.90. The topological polar surface area (TPSA) is 76.6 Å². The van der Waals surface area contributed by atoms with E-state index in [2.05, 4.69) is 15.3 Å². The van der Waals surface area contributed by atoms with E-state index in [1.54, 1.807) is 6.07 Å². The van der Waals surface area contributed by atoms with Crippen LogP contribution in [0.25, 0.3) is 0 Å². The third-order valence-corrected chi connectivity index (χ3v) is 4.39. The Balaban J connectivity index is 1.54. The Morgan fingerprint density at radius 1 is 1.16 bits per heavy atom. The molecule has 1 fully saturated rings. The first-order chi connectivity index (χ1) is 12.3. The molecule has 1 N–H and O–H groups in total. The number of hydrogen-bond donors (Lipinski definition) is 1. The van der Waals surface area contributed by atoms with Crippen LogP contribution in [0.3, 0.4) is 0 Å². The number of carbonyl (C=O) groups is 1. The van der Waals surface area contributed by atoms with E-state index in [1.165, 1.54) is 6.33 Å². The Morgan fingerprint density at radius 2 is 2.00 bits per heavy atom. The Hall–Kier alpha value is -2.67. The monoisotopic (exact) mass is 340 g/mol. The normalized spacial score (nSPS) is 18.2. The third kappa shape index (κ3) is 3.71. The zero-order valence-electron chi connectivity index (χ0n) is 13.9. The zero-order chi connectivity index (χ0) is 17.1. The van der Waals surface area contributed by atoms with Gasteiger partial charge < -0.3 is 19.7 Å². The van der Waals surface area contributed by atoms with E-state index in [9.17, 15) is 4.79 Å². The number of hydrogen-bond acceptors (Lipinski definition) is 6. The maximum absolute atomic E-state index is 12.2. The zero-order valence-corrected chi connectivity index (χ0v) is 13.9. The first-order valence-electron chi connectivity index (χ1n) is 8.47. The number of para-hydroxylation sites is 1. The highest BCUT2D eigenvalue weighted by molar-refractivity contribution is 5.95. The highest BCUT2D eigenvalue weighted by Crippen LogP contribution is 2.25. The largest absolute Gasteiger partial charge is 0.474 e. The minimum Gasteiger partial charge on any atom is -0.474 e. The second-order valence-corrected chi connectivity index (χ2v) is 6.21. The Kier molecular flexibility index (Phi) is 4.47. The molecule has 7 heteroatoms. The number of nitrogens with one attached hydrogen (secondary N) is 1. The van der Waals surface area contributed by atoms with E-state index in [0.29, 0.717) is 31.5 Å². The van der Waals surface area contributed by atoms with Crippen molar-refractivity contribution in [1.82, 2.24) is 9.97 Å². The quantitative estimate of drug-likeness (QED) is 0.921. The van der Waals surface area contributed by atoms with Crippen LogP contribution in [-0.4, -0.2) is 41.7 Å². The Morgan fingerprint density at radius 3 is 2.88 bits per heavy atom. The number of amides is 1. The summed E-state index contributed by atoms with van der Waals surface area (Å²) >= 11 is 0. The molecule has 1 saturated heterocycles. The lowest BCUT2D eigenvalue weighted by Crippen LogP contribution is -2.30. The lowest BCUT2D eigenvalue weighted by atomic mass is 10.1. The van der Waals surface area contributed by atoms with Crippen LogP contribution in [0.1, 0.15) is 18.4 Å². The molecule has 0 atom stereocenters. The number of ether oxygens (including phenoxy) is 2. The van der Waals surface area contributed by atoms with Crippen LogP contribution in [0.2, 0.25) is 0 Å². The van der Waals surface area contributed by atoms with E-state index in [4.69, 9.17) is 9.47 Å². The van der Waals surface area contributed by atoms with Crippen LogP contribution >= 0.6 is 0 Å². The van der Waals surface area contributed by atoms with Crippen molar-refractivity contribution >= 4 is 17.4 Å². The minimum absolute atomic E-state index is 0.0598. The molecule has 0 spiro atoms. The number of carbonyl (C=O) groups excluding carboxylic acids is 1. The van der Waals surface area contributed by atoms with Gasteiger partial charge in [0, 0.05) is 31.1 Å². The Labute approximate surface area is 146 Å². The fourth-order valence-corrected chi connectivity index (χ4v) is 3.10. The van der Waals surface area contributed by atoms with Crippen LogP contribution in [0, 0.1) is 0 Å². The number of anilines is 2. The van der Waals surface area contributed by atoms with E-state index in [1.807, 2.05) is 29.2 Å². The molecule has 0 bridgehead atoms. The van der Waals surface area contributed by atoms with Crippen molar-refractivity contribution < 1.29 is 14.3 Å². The molecule has 3 heterocycles. The molecule has 1 aromatic carbocycles. The molecule has 7 nitrogen and oxygen atoms in total. The summed E-state index contributed by atoms with van der Waals surface area (Å²) in [7, 11) is 0. The highest BCUT2D eigenvalue weighted by atomic mass is 16.5. The first kappa shape index (κ1) is 15.8. The van der Waals surface area contributed by atoms with Crippen LogP contribution in [-0.2, 0) is 16.1 Å². The van der Waals surface area contributed by atoms with Crippen LogP contribution in [0.4, 0.5) is 11.5 Å². The summed E-state index contributed by atoms with van der Waals surface area (Å²) in [5, 5.41) is 2.93. The van der Waals surface area contributed by atoms with Gasteiger partial charge in [0.2, 0.25) is 11.8 Å². The lowest BCUT2D eigenvalue weighted by molar-refractivity contribution is -0.114. The average molecular weight is 340 g/mol. The highest BCUT2D eigenvalue weighted by Gasteiger charge is 2.21. The molecule has 2 aromatic rings. The molecule has 25 heavy (non-hydrogen) atoms. The number of fused-ring (bicyclic) bond motifs is 1. The van der Waals surface area contributed by atoms with Crippen LogP contribution < -0.4 is 15.0 Å². The van der Waals surface area contributed by atoms with Gasteiger partial charge in [0.15, 0.2) is 0 Å². The first-order valence-corrected chi connectivity index (χ1v) is 8.47. The maximum atomic E-state index is 12.2. The number of rotatable bonds is 3. The van der Waals surface area contributed by atoms with Gasteiger partial charge in [-0.25, -0.2) is 9.97 Å². The fraction of sp³-hybridized carbons (Fsp3) is 0.389. The minimum atomic E-state index is -0.0598. The number of benzene rings is 1. The van der Waals surface area contributed by atoms with E-state index in [-0.39, 0.29) is 18.6 Å². The molecular weight excluding hydrogens is 320 g/mol. The van der Waals surface area contributed by atoms with Crippen molar-refractivity contribution in [3.05, 3.63) is 42.2 Å². The van der Waals surface area contributed by atoms with Gasteiger partial charge in [-0.3, -0.25) is 4.79 Å². The van der Waals surface area contributed by atoms with Gasteiger partial charge in [-0.2, -0.15) is 0 Å². The summed E-state index contributed by atoms with van der Waals surface area (Å²) in [5.74, 6) is 1.16.